The van der Waals surface area contributed by atoms with Gasteiger partial charge in [-0.3, -0.25) is 0 Å². The zero-order chi connectivity index (χ0) is 12.3. The van der Waals surface area contributed by atoms with E-state index in [2.05, 4.69) is 5.32 Å². The summed E-state index contributed by atoms with van der Waals surface area (Å²) < 4.78 is 0. The molecule has 0 atom stereocenters. The van der Waals surface area contributed by atoms with Crippen molar-refractivity contribution in [2.24, 2.45) is 0 Å². The fourth-order valence-electron chi connectivity index (χ4n) is 1.52. The predicted molar refractivity (Wildman–Crippen MR) is 68.1 cm³/mol. The smallest absolute Gasteiger partial charge is 0.339 e. The molecule has 0 fully saturated rings. The molecule has 4 heteroatoms. The summed E-state index contributed by atoms with van der Waals surface area (Å²) in [6.07, 6.45) is 0. The van der Waals surface area contributed by atoms with Gasteiger partial charge in [0.2, 0.25) is 0 Å². The fourth-order valence-corrected chi connectivity index (χ4v) is 1.78. The van der Waals surface area contributed by atoms with E-state index >= 15 is 0 Å². The number of benzene rings is 2. The number of aromatic carboxylic acids is 1. The fraction of sp³-hybridized carbons (Fsp3) is 0. The summed E-state index contributed by atoms with van der Waals surface area (Å²) in [5.74, 6) is -1.05. The number of nitrogens with one attached hydrogen (secondary N) is 1. The molecule has 3 nitrogen and oxygen atoms in total. The van der Waals surface area contributed by atoms with Gasteiger partial charge in [-0.2, -0.15) is 0 Å². The molecule has 0 radical (unpaired) electrons. The Morgan fingerprint density at radius 3 is 2.41 bits per heavy atom. The molecule has 0 saturated heterocycles. The van der Waals surface area contributed by atoms with Crippen molar-refractivity contribution in [2.45, 2.75) is 0 Å². The first-order valence-electron chi connectivity index (χ1n) is 5.02. The van der Waals surface area contributed by atoms with E-state index in [0.29, 0.717) is 5.69 Å². The quantitative estimate of drug-likeness (QED) is 0.868. The zero-order valence-corrected chi connectivity index (χ0v) is 9.61. The molecule has 17 heavy (non-hydrogen) atoms. The van der Waals surface area contributed by atoms with Gasteiger partial charge in [-0.25, -0.2) is 4.79 Å². The van der Waals surface area contributed by atoms with Gasteiger partial charge in [-0.15, -0.1) is 0 Å². The maximum Gasteiger partial charge on any atom is 0.339 e. The lowest BCUT2D eigenvalue weighted by molar-refractivity contribution is 0.0698. The zero-order valence-electron chi connectivity index (χ0n) is 8.85. The number of hydrogen-bond donors (Lipinski definition) is 2. The molecule has 2 rings (SSSR count). The molecule has 0 heterocycles. The van der Waals surface area contributed by atoms with Crippen molar-refractivity contribution < 1.29 is 9.90 Å². The van der Waals surface area contributed by atoms with Crippen LogP contribution in [-0.2, 0) is 0 Å². The number of anilines is 2. The lowest BCUT2D eigenvalue weighted by Gasteiger charge is -2.10. The van der Waals surface area contributed by atoms with Gasteiger partial charge in [0, 0.05) is 5.69 Å². The van der Waals surface area contributed by atoms with Crippen molar-refractivity contribution in [2.75, 3.05) is 5.32 Å². The second kappa shape index (κ2) is 4.89. The minimum atomic E-state index is -1.05. The van der Waals surface area contributed by atoms with Crippen LogP contribution in [0.3, 0.4) is 0 Å². The van der Waals surface area contributed by atoms with E-state index < -0.39 is 5.97 Å². The molecule has 0 spiro atoms. The Morgan fingerprint density at radius 2 is 1.76 bits per heavy atom. The Kier molecular flexibility index (Phi) is 3.30. The van der Waals surface area contributed by atoms with Gasteiger partial charge in [-0.05, 0) is 24.3 Å². The third-order valence-corrected chi connectivity index (χ3v) is 2.60. The first-order chi connectivity index (χ1) is 8.18. The molecular weight excluding hydrogens is 238 g/mol. The molecule has 2 aromatic carbocycles. The summed E-state index contributed by atoms with van der Waals surface area (Å²) in [5.41, 5.74) is 1.38. The molecule has 0 aliphatic rings. The van der Waals surface area contributed by atoms with Crippen molar-refractivity contribution in [1.82, 2.24) is 0 Å². The van der Waals surface area contributed by atoms with E-state index in [-0.39, 0.29) is 10.6 Å². The first kappa shape index (κ1) is 11.5. The first-order valence-corrected chi connectivity index (χ1v) is 5.40. The third-order valence-electron chi connectivity index (χ3n) is 2.28. The van der Waals surface area contributed by atoms with Gasteiger partial charge in [0.05, 0.1) is 10.7 Å². The van der Waals surface area contributed by atoms with E-state index in [0.717, 1.165) is 5.69 Å². The number of para-hydroxylation sites is 1. The molecule has 0 unspecified atom stereocenters. The maximum atomic E-state index is 11.1. The topological polar surface area (TPSA) is 49.3 Å². The van der Waals surface area contributed by atoms with E-state index in [1.165, 1.54) is 0 Å². The van der Waals surface area contributed by atoms with Gasteiger partial charge in [0.1, 0.15) is 5.56 Å². The molecule has 0 saturated carbocycles. The Labute approximate surface area is 104 Å². The maximum absolute atomic E-state index is 11.1. The molecule has 0 aromatic heterocycles. The average molecular weight is 248 g/mol. The van der Waals surface area contributed by atoms with Crippen LogP contribution in [0.2, 0.25) is 5.02 Å². The molecule has 86 valence electrons. The number of halogens is 1. The van der Waals surface area contributed by atoms with Crippen molar-refractivity contribution in [3.63, 3.8) is 0 Å². The predicted octanol–water partition coefficient (Wildman–Crippen LogP) is 3.78. The van der Waals surface area contributed by atoms with Crippen molar-refractivity contribution >= 4 is 28.9 Å². The van der Waals surface area contributed by atoms with Crippen molar-refractivity contribution in [3.05, 3.63) is 59.1 Å². The number of carboxylic acids is 1. The minimum absolute atomic E-state index is 0.0815. The number of carbonyl (C=O) groups is 1. The van der Waals surface area contributed by atoms with Gasteiger partial charge in [0.15, 0.2) is 0 Å². The van der Waals surface area contributed by atoms with E-state index in [1.807, 2.05) is 30.3 Å². The minimum Gasteiger partial charge on any atom is -0.478 e. The van der Waals surface area contributed by atoms with Crippen molar-refractivity contribution in [1.29, 1.82) is 0 Å². The van der Waals surface area contributed by atoms with Gasteiger partial charge in [0.25, 0.3) is 0 Å². The van der Waals surface area contributed by atoms with Crippen LogP contribution in [-0.4, -0.2) is 11.1 Å². The van der Waals surface area contributed by atoms with Crippen molar-refractivity contribution in [3.8, 4) is 0 Å². The Bertz CT molecular complexity index is 540. The third kappa shape index (κ3) is 2.57. The summed E-state index contributed by atoms with van der Waals surface area (Å²) in [6.45, 7) is 0. The highest BCUT2D eigenvalue weighted by molar-refractivity contribution is 6.34. The van der Waals surface area contributed by atoms with E-state index in [1.54, 1.807) is 18.2 Å². The lowest BCUT2D eigenvalue weighted by atomic mass is 10.1. The summed E-state index contributed by atoms with van der Waals surface area (Å²) >= 11 is 5.87. The number of carboxylic acid groups (broad SMARTS) is 1. The van der Waals surface area contributed by atoms with Crippen LogP contribution in [0.1, 0.15) is 10.4 Å². The normalized spacial score (nSPS) is 9.94. The second-order valence-electron chi connectivity index (χ2n) is 3.46. The standard InChI is InChI=1S/C13H10ClNO2/c14-10-7-4-8-11(12(10)13(16)17)15-9-5-2-1-3-6-9/h1-8,15H,(H,16,17). The molecule has 0 aliphatic carbocycles. The SMILES string of the molecule is O=C(O)c1c(Cl)cccc1Nc1ccccc1. The summed E-state index contributed by atoms with van der Waals surface area (Å²) in [4.78, 5) is 11.1. The van der Waals surface area contributed by atoms with Crippen LogP contribution in [0, 0.1) is 0 Å². The Balaban J connectivity index is 2.40. The summed E-state index contributed by atoms with van der Waals surface area (Å²) in [5, 5.41) is 12.4. The molecule has 0 bridgehead atoms. The Hall–Kier alpha value is -2.00. The van der Waals surface area contributed by atoms with Gasteiger partial charge >= 0.3 is 5.97 Å². The largest absolute Gasteiger partial charge is 0.478 e. The highest BCUT2D eigenvalue weighted by Crippen LogP contribution is 2.26. The summed E-state index contributed by atoms with van der Waals surface area (Å²) in [7, 11) is 0. The molecule has 2 N–H and O–H groups in total. The van der Waals surface area contributed by atoms with Crippen LogP contribution in [0.5, 0.6) is 0 Å². The van der Waals surface area contributed by atoms with Crippen LogP contribution < -0.4 is 5.32 Å². The number of hydrogen-bond acceptors (Lipinski definition) is 2. The second-order valence-corrected chi connectivity index (χ2v) is 3.87. The average Bonchev–Trinajstić information content (AvgIpc) is 2.30. The molecular formula is C13H10ClNO2. The van der Waals surface area contributed by atoms with Crippen LogP contribution >= 0.6 is 11.6 Å². The highest BCUT2D eigenvalue weighted by Gasteiger charge is 2.13. The van der Waals surface area contributed by atoms with E-state index in [9.17, 15) is 4.79 Å². The highest BCUT2D eigenvalue weighted by atomic mass is 35.5. The molecule has 0 amide bonds. The van der Waals surface area contributed by atoms with Gasteiger partial charge < -0.3 is 10.4 Å². The van der Waals surface area contributed by atoms with Crippen LogP contribution in [0.15, 0.2) is 48.5 Å². The molecule has 0 aliphatic heterocycles. The molecule has 2 aromatic rings. The lowest BCUT2D eigenvalue weighted by Crippen LogP contribution is -2.03. The van der Waals surface area contributed by atoms with Crippen LogP contribution in [0.25, 0.3) is 0 Å². The number of rotatable bonds is 3. The Morgan fingerprint density at radius 1 is 1.06 bits per heavy atom. The van der Waals surface area contributed by atoms with E-state index in [4.69, 9.17) is 16.7 Å². The van der Waals surface area contributed by atoms with Crippen LogP contribution in [0.4, 0.5) is 11.4 Å². The summed E-state index contributed by atoms with van der Waals surface area (Å²) in [6, 6.07) is 14.3. The monoisotopic (exact) mass is 247 g/mol. The van der Waals surface area contributed by atoms with Gasteiger partial charge in [-0.1, -0.05) is 35.9 Å².